The highest BCUT2D eigenvalue weighted by molar-refractivity contribution is 5.77. The van der Waals surface area contributed by atoms with E-state index >= 15 is 0 Å². The van der Waals surface area contributed by atoms with E-state index in [0.29, 0.717) is 11.6 Å². The minimum Gasteiger partial charge on any atom is -0.357 e. The zero-order valence-electron chi connectivity index (χ0n) is 13.4. The van der Waals surface area contributed by atoms with E-state index in [9.17, 15) is 4.79 Å². The van der Waals surface area contributed by atoms with Crippen molar-refractivity contribution >= 4 is 17.6 Å². The van der Waals surface area contributed by atoms with E-state index in [0.717, 1.165) is 16.8 Å². The number of amides is 2. The molecule has 2 rings (SSSR count). The van der Waals surface area contributed by atoms with Gasteiger partial charge >= 0.3 is 6.03 Å². The van der Waals surface area contributed by atoms with Crippen molar-refractivity contribution in [2.24, 2.45) is 5.73 Å². The number of primary amides is 1. The molecule has 4 N–H and O–H groups in total. The summed E-state index contributed by atoms with van der Waals surface area (Å²) in [4.78, 5) is 21.2. The second-order valence-corrected chi connectivity index (χ2v) is 4.88. The Hall–Kier alpha value is -3.09. The Balaban J connectivity index is 2.22. The van der Waals surface area contributed by atoms with Crippen LogP contribution in [-0.4, -0.2) is 27.9 Å². The summed E-state index contributed by atoms with van der Waals surface area (Å²) in [6.07, 6.45) is 13.2. The smallest absolute Gasteiger partial charge is 0.316 e. The van der Waals surface area contributed by atoms with Crippen molar-refractivity contribution in [3.63, 3.8) is 0 Å². The standard InChI is InChI=1S/C16H20N6O/c1-4-14-7-12(13-8-19-16(18-3)20-9-13)5-6-22(14)10-11(2)21-15(17)23/h4-10H,1-3H3,(H3,17,21,23)(H,18,19,20)/b11-10+,14-4?. The van der Waals surface area contributed by atoms with E-state index in [4.69, 9.17) is 5.73 Å². The van der Waals surface area contributed by atoms with Crippen molar-refractivity contribution in [1.29, 1.82) is 0 Å². The van der Waals surface area contributed by atoms with Crippen molar-refractivity contribution in [2.45, 2.75) is 13.8 Å². The number of carbonyl (C=O) groups excluding carboxylic acids is 1. The van der Waals surface area contributed by atoms with Crippen LogP contribution in [0.1, 0.15) is 19.4 Å². The summed E-state index contributed by atoms with van der Waals surface area (Å²) < 4.78 is 0. The maximum atomic E-state index is 10.9. The van der Waals surface area contributed by atoms with Gasteiger partial charge in [-0.05, 0) is 31.6 Å². The molecule has 0 aromatic carbocycles. The molecule has 0 saturated carbocycles. The Bertz CT molecular complexity index is 700. The number of allylic oxidation sites excluding steroid dienone is 5. The number of nitrogens with two attached hydrogens (primary N) is 1. The van der Waals surface area contributed by atoms with E-state index in [-0.39, 0.29) is 0 Å². The molecule has 2 amide bonds. The monoisotopic (exact) mass is 312 g/mol. The lowest BCUT2D eigenvalue weighted by molar-refractivity contribution is 0.251. The van der Waals surface area contributed by atoms with Crippen LogP contribution in [0.2, 0.25) is 0 Å². The van der Waals surface area contributed by atoms with Gasteiger partial charge in [-0.25, -0.2) is 14.8 Å². The summed E-state index contributed by atoms with van der Waals surface area (Å²) in [7, 11) is 1.78. The number of urea groups is 1. The number of hydrogen-bond donors (Lipinski definition) is 3. The molecular weight excluding hydrogens is 292 g/mol. The molecular formula is C16H20N6O. The molecule has 0 atom stereocenters. The van der Waals surface area contributed by atoms with Gasteiger partial charge in [0.05, 0.1) is 0 Å². The van der Waals surface area contributed by atoms with Crippen molar-refractivity contribution in [3.8, 4) is 0 Å². The molecule has 0 fully saturated rings. The second kappa shape index (κ2) is 7.26. The molecule has 23 heavy (non-hydrogen) atoms. The summed E-state index contributed by atoms with van der Waals surface area (Å²) in [6, 6.07) is -0.584. The second-order valence-electron chi connectivity index (χ2n) is 4.88. The molecule has 7 heteroatoms. The van der Waals surface area contributed by atoms with E-state index in [1.54, 1.807) is 32.6 Å². The number of nitrogens with one attached hydrogen (secondary N) is 2. The molecule has 0 unspecified atom stereocenters. The first kappa shape index (κ1) is 16.3. The van der Waals surface area contributed by atoms with Gasteiger partial charge in [-0.1, -0.05) is 6.08 Å². The van der Waals surface area contributed by atoms with Gasteiger partial charge in [0, 0.05) is 48.8 Å². The number of anilines is 1. The summed E-state index contributed by atoms with van der Waals surface area (Å²) >= 11 is 0. The van der Waals surface area contributed by atoms with E-state index in [1.165, 1.54) is 0 Å². The van der Waals surface area contributed by atoms with Gasteiger partial charge in [0.2, 0.25) is 5.95 Å². The van der Waals surface area contributed by atoms with Crippen LogP contribution in [0.15, 0.2) is 54.4 Å². The van der Waals surface area contributed by atoms with Gasteiger partial charge in [0.15, 0.2) is 0 Å². The van der Waals surface area contributed by atoms with Gasteiger partial charge in [-0.3, -0.25) is 0 Å². The Morgan fingerprint density at radius 2 is 2.04 bits per heavy atom. The lowest BCUT2D eigenvalue weighted by Gasteiger charge is -2.23. The van der Waals surface area contributed by atoms with Gasteiger partial charge in [0.1, 0.15) is 0 Å². The average Bonchev–Trinajstić information content (AvgIpc) is 2.54. The third-order valence-electron chi connectivity index (χ3n) is 3.17. The molecule has 7 nitrogen and oxygen atoms in total. The van der Waals surface area contributed by atoms with Crippen molar-refractivity contribution in [1.82, 2.24) is 20.2 Å². The van der Waals surface area contributed by atoms with Crippen LogP contribution in [-0.2, 0) is 0 Å². The van der Waals surface area contributed by atoms with Crippen molar-refractivity contribution < 1.29 is 4.79 Å². The van der Waals surface area contributed by atoms with Crippen LogP contribution in [0.5, 0.6) is 0 Å². The van der Waals surface area contributed by atoms with Gasteiger partial charge in [-0.2, -0.15) is 0 Å². The minimum atomic E-state index is -0.584. The SMILES string of the molecule is CC=C1C=C(c2cnc(NC)nc2)C=CN1/C=C(\C)NC(N)=O. The normalized spacial score (nSPS) is 16.3. The molecule has 1 aromatic heterocycles. The molecule has 0 bridgehead atoms. The number of carbonyl (C=O) groups is 1. The average molecular weight is 312 g/mol. The predicted octanol–water partition coefficient (Wildman–Crippen LogP) is 2.16. The molecule has 0 radical (unpaired) electrons. The minimum absolute atomic E-state index is 0.582. The number of rotatable bonds is 4. The van der Waals surface area contributed by atoms with Gasteiger partial charge < -0.3 is 21.3 Å². The largest absolute Gasteiger partial charge is 0.357 e. The van der Waals surface area contributed by atoms with Crippen LogP contribution in [0.3, 0.4) is 0 Å². The van der Waals surface area contributed by atoms with Crippen molar-refractivity contribution in [3.05, 3.63) is 60.0 Å². The summed E-state index contributed by atoms with van der Waals surface area (Å²) in [5, 5.41) is 5.43. The lowest BCUT2D eigenvalue weighted by atomic mass is 10.1. The number of aromatic nitrogens is 2. The molecule has 0 aliphatic carbocycles. The fourth-order valence-corrected chi connectivity index (χ4v) is 2.10. The van der Waals surface area contributed by atoms with Crippen LogP contribution < -0.4 is 16.4 Å². The predicted molar refractivity (Wildman–Crippen MR) is 90.8 cm³/mol. The zero-order valence-corrected chi connectivity index (χ0v) is 13.4. The Kier molecular flexibility index (Phi) is 5.14. The van der Waals surface area contributed by atoms with Crippen LogP contribution in [0.4, 0.5) is 10.7 Å². The van der Waals surface area contributed by atoms with Crippen LogP contribution in [0, 0.1) is 0 Å². The topological polar surface area (TPSA) is 96.2 Å². The lowest BCUT2D eigenvalue weighted by Crippen LogP contribution is -2.28. The molecule has 1 aliphatic heterocycles. The van der Waals surface area contributed by atoms with E-state index < -0.39 is 6.03 Å². The summed E-state index contributed by atoms with van der Waals surface area (Å²) in [6.45, 7) is 3.72. The zero-order chi connectivity index (χ0) is 16.8. The maximum absolute atomic E-state index is 10.9. The first-order valence-corrected chi connectivity index (χ1v) is 7.13. The molecule has 1 aromatic rings. The quantitative estimate of drug-likeness (QED) is 0.792. The molecule has 0 spiro atoms. The highest BCUT2D eigenvalue weighted by Crippen LogP contribution is 2.25. The van der Waals surface area contributed by atoms with Crippen LogP contribution >= 0.6 is 0 Å². The first-order chi connectivity index (χ1) is 11.0. The first-order valence-electron chi connectivity index (χ1n) is 7.13. The number of hydrogen-bond acceptors (Lipinski definition) is 5. The fourth-order valence-electron chi connectivity index (χ4n) is 2.10. The Labute approximate surface area is 135 Å². The highest BCUT2D eigenvalue weighted by atomic mass is 16.2. The molecule has 1 aliphatic rings. The van der Waals surface area contributed by atoms with E-state index in [1.807, 2.05) is 36.3 Å². The Morgan fingerprint density at radius 1 is 1.35 bits per heavy atom. The highest BCUT2D eigenvalue weighted by Gasteiger charge is 2.11. The summed E-state index contributed by atoms with van der Waals surface area (Å²) in [5.74, 6) is 0.582. The number of nitrogens with zero attached hydrogens (tertiary/aromatic N) is 3. The van der Waals surface area contributed by atoms with E-state index in [2.05, 4.69) is 20.6 Å². The molecule has 2 heterocycles. The third kappa shape index (κ3) is 4.19. The Morgan fingerprint density at radius 3 is 2.61 bits per heavy atom. The third-order valence-corrected chi connectivity index (χ3v) is 3.17. The fraction of sp³-hybridized carbons (Fsp3) is 0.188. The summed E-state index contributed by atoms with van der Waals surface area (Å²) in [5.41, 5.74) is 8.66. The molecule has 0 saturated heterocycles. The van der Waals surface area contributed by atoms with Gasteiger partial charge in [0.25, 0.3) is 0 Å². The maximum Gasteiger partial charge on any atom is 0.316 e. The molecule has 120 valence electrons. The van der Waals surface area contributed by atoms with Gasteiger partial charge in [-0.15, -0.1) is 0 Å². The van der Waals surface area contributed by atoms with Crippen LogP contribution in [0.25, 0.3) is 5.57 Å². The van der Waals surface area contributed by atoms with Crippen molar-refractivity contribution in [2.75, 3.05) is 12.4 Å².